The molecule has 0 heterocycles. The second kappa shape index (κ2) is 6.80. The molecule has 0 radical (unpaired) electrons. The molecule has 1 aromatic carbocycles. The zero-order valence-electron chi connectivity index (χ0n) is 9.55. The van der Waals surface area contributed by atoms with E-state index in [2.05, 4.69) is 4.74 Å². The van der Waals surface area contributed by atoms with Crippen LogP contribution in [0.2, 0.25) is 0 Å². The van der Waals surface area contributed by atoms with Crippen molar-refractivity contribution < 1.29 is 14.3 Å². The summed E-state index contributed by atoms with van der Waals surface area (Å²) >= 11 is 0. The van der Waals surface area contributed by atoms with E-state index < -0.39 is 0 Å². The van der Waals surface area contributed by atoms with Gasteiger partial charge in [-0.2, -0.15) is 0 Å². The summed E-state index contributed by atoms with van der Waals surface area (Å²) in [5.74, 6) is -0.366. The highest BCUT2D eigenvalue weighted by atomic mass is 16.5. The molecule has 0 aliphatic rings. The van der Waals surface area contributed by atoms with Gasteiger partial charge in [0.2, 0.25) is 0 Å². The smallest absolute Gasteiger partial charge is 0.330 e. The van der Waals surface area contributed by atoms with Crippen LogP contribution in [-0.2, 0) is 20.9 Å². The summed E-state index contributed by atoms with van der Waals surface area (Å²) in [6.07, 6.45) is 2.93. The summed E-state index contributed by atoms with van der Waals surface area (Å²) < 4.78 is 10.0. The Morgan fingerprint density at radius 1 is 1.38 bits per heavy atom. The van der Waals surface area contributed by atoms with Gasteiger partial charge in [0.15, 0.2) is 0 Å². The normalized spacial score (nSPS) is 12.6. The molecule has 0 aliphatic heterocycles. The van der Waals surface area contributed by atoms with E-state index in [9.17, 15) is 4.79 Å². The summed E-state index contributed by atoms with van der Waals surface area (Å²) in [6, 6.07) is 9.89. The number of hydrogen-bond acceptors (Lipinski definition) is 3. The molecule has 3 nitrogen and oxygen atoms in total. The van der Waals surface area contributed by atoms with Gasteiger partial charge in [0.05, 0.1) is 19.8 Å². The van der Waals surface area contributed by atoms with Gasteiger partial charge in [0.25, 0.3) is 0 Å². The topological polar surface area (TPSA) is 35.5 Å². The third-order valence-electron chi connectivity index (χ3n) is 2.06. The lowest BCUT2D eigenvalue weighted by Gasteiger charge is -2.08. The summed E-state index contributed by atoms with van der Waals surface area (Å²) in [7, 11) is 1.35. The maximum atomic E-state index is 10.8. The Hall–Kier alpha value is -1.61. The highest BCUT2D eigenvalue weighted by Crippen LogP contribution is 2.03. The molecule has 0 bridgehead atoms. The Morgan fingerprint density at radius 3 is 2.69 bits per heavy atom. The molecule has 0 saturated heterocycles. The molecule has 1 rings (SSSR count). The van der Waals surface area contributed by atoms with Crippen LogP contribution in [-0.4, -0.2) is 19.2 Å². The fraction of sp³-hybridized carbons (Fsp3) is 0.308. The Bertz CT molecular complexity index is 343. The van der Waals surface area contributed by atoms with Crippen LogP contribution in [0.4, 0.5) is 0 Å². The quantitative estimate of drug-likeness (QED) is 0.564. The third kappa shape index (κ3) is 4.75. The van der Waals surface area contributed by atoms with E-state index in [1.165, 1.54) is 13.2 Å². The zero-order valence-corrected chi connectivity index (χ0v) is 9.55. The van der Waals surface area contributed by atoms with Crippen molar-refractivity contribution >= 4 is 5.97 Å². The zero-order chi connectivity index (χ0) is 11.8. The van der Waals surface area contributed by atoms with Gasteiger partial charge in [0.1, 0.15) is 0 Å². The summed E-state index contributed by atoms with van der Waals surface area (Å²) in [5, 5.41) is 0. The standard InChI is InChI=1S/C13H16O3/c1-11(8-9-13(14)15-2)16-10-12-6-4-3-5-7-12/h3-9,11H,10H2,1-2H3. The van der Waals surface area contributed by atoms with Crippen LogP contribution in [0.15, 0.2) is 42.5 Å². The minimum atomic E-state index is -0.366. The van der Waals surface area contributed by atoms with Gasteiger partial charge < -0.3 is 9.47 Å². The van der Waals surface area contributed by atoms with Gasteiger partial charge >= 0.3 is 5.97 Å². The average Bonchev–Trinajstić information content (AvgIpc) is 2.34. The average molecular weight is 220 g/mol. The van der Waals surface area contributed by atoms with E-state index in [-0.39, 0.29) is 12.1 Å². The largest absolute Gasteiger partial charge is 0.466 e. The summed E-state index contributed by atoms with van der Waals surface area (Å²) in [5.41, 5.74) is 1.11. The minimum Gasteiger partial charge on any atom is -0.466 e. The van der Waals surface area contributed by atoms with E-state index in [0.717, 1.165) is 5.56 Å². The molecule has 0 aliphatic carbocycles. The Kier molecular flexibility index (Phi) is 5.29. The Labute approximate surface area is 95.7 Å². The lowest BCUT2D eigenvalue weighted by Crippen LogP contribution is -2.06. The van der Waals surface area contributed by atoms with Crippen LogP contribution in [0.5, 0.6) is 0 Å². The fourth-order valence-electron chi connectivity index (χ4n) is 1.14. The molecule has 0 fully saturated rings. The van der Waals surface area contributed by atoms with Crippen molar-refractivity contribution in [2.75, 3.05) is 7.11 Å². The molecule has 0 amide bonds. The van der Waals surface area contributed by atoms with E-state index in [4.69, 9.17) is 4.74 Å². The van der Waals surface area contributed by atoms with Crippen molar-refractivity contribution in [1.82, 2.24) is 0 Å². The molecule has 16 heavy (non-hydrogen) atoms. The van der Waals surface area contributed by atoms with Crippen LogP contribution in [0.3, 0.4) is 0 Å². The third-order valence-corrected chi connectivity index (χ3v) is 2.06. The first kappa shape index (κ1) is 12.5. The number of ether oxygens (including phenoxy) is 2. The molecule has 86 valence electrons. The highest BCUT2D eigenvalue weighted by molar-refractivity contribution is 5.81. The first-order valence-corrected chi connectivity index (χ1v) is 5.14. The summed E-state index contributed by atoms with van der Waals surface area (Å²) in [6.45, 7) is 2.41. The minimum absolute atomic E-state index is 0.112. The molecular weight excluding hydrogens is 204 g/mol. The number of methoxy groups -OCH3 is 1. The van der Waals surface area contributed by atoms with E-state index in [1.807, 2.05) is 37.3 Å². The van der Waals surface area contributed by atoms with Crippen molar-refractivity contribution in [3.8, 4) is 0 Å². The predicted molar refractivity (Wildman–Crippen MR) is 61.8 cm³/mol. The van der Waals surface area contributed by atoms with Crippen molar-refractivity contribution in [1.29, 1.82) is 0 Å². The molecule has 1 atom stereocenters. The van der Waals surface area contributed by atoms with Gasteiger partial charge in [-0.1, -0.05) is 30.3 Å². The highest BCUT2D eigenvalue weighted by Gasteiger charge is 1.99. The van der Waals surface area contributed by atoms with Crippen molar-refractivity contribution in [2.24, 2.45) is 0 Å². The first-order chi connectivity index (χ1) is 7.72. The van der Waals surface area contributed by atoms with Crippen molar-refractivity contribution in [3.05, 3.63) is 48.0 Å². The molecular formula is C13H16O3. The van der Waals surface area contributed by atoms with Crippen LogP contribution < -0.4 is 0 Å². The molecule has 0 saturated carbocycles. The van der Waals surface area contributed by atoms with Gasteiger partial charge in [0, 0.05) is 6.08 Å². The number of hydrogen-bond donors (Lipinski definition) is 0. The summed E-state index contributed by atoms with van der Waals surface area (Å²) in [4.78, 5) is 10.8. The lowest BCUT2D eigenvalue weighted by atomic mass is 10.2. The first-order valence-electron chi connectivity index (χ1n) is 5.14. The van der Waals surface area contributed by atoms with Gasteiger partial charge in [-0.05, 0) is 18.6 Å². The second-order valence-corrected chi connectivity index (χ2v) is 3.38. The lowest BCUT2D eigenvalue weighted by molar-refractivity contribution is -0.134. The van der Waals surface area contributed by atoms with E-state index in [0.29, 0.717) is 6.61 Å². The van der Waals surface area contributed by atoms with Gasteiger partial charge in [-0.15, -0.1) is 0 Å². The van der Waals surface area contributed by atoms with Gasteiger partial charge in [-0.3, -0.25) is 0 Å². The second-order valence-electron chi connectivity index (χ2n) is 3.38. The predicted octanol–water partition coefficient (Wildman–Crippen LogP) is 2.32. The number of carbonyl (C=O) groups excluding carboxylic acids is 1. The molecule has 1 unspecified atom stereocenters. The van der Waals surface area contributed by atoms with Crippen LogP contribution >= 0.6 is 0 Å². The molecule has 0 aromatic heterocycles. The maximum Gasteiger partial charge on any atom is 0.330 e. The van der Waals surface area contributed by atoms with Crippen LogP contribution in [0.25, 0.3) is 0 Å². The van der Waals surface area contributed by atoms with E-state index in [1.54, 1.807) is 6.08 Å². The fourth-order valence-corrected chi connectivity index (χ4v) is 1.14. The molecule has 0 N–H and O–H groups in total. The van der Waals surface area contributed by atoms with Crippen LogP contribution in [0, 0.1) is 0 Å². The van der Waals surface area contributed by atoms with Gasteiger partial charge in [-0.25, -0.2) is 4.79 Å². The Morgan fingerprint density at radius 2 is 2.06 bits per heavy atom. The van der Waals surface area contributed by atoms with Crippen molar-refractivity contribution in [2.45, 2.75) is 19.6 Å². The molecule has 1 aromatic rings. The number of benzene rings is 1. The monoisotopic (exact) mass is 220 g/mol. The number of esters is 1. The number of rotatable bonds is 5. The SMILES string of the molecule is COC(=O)C=CC(C)OCc1ccccc1. The van der Waals surface area contributed by atoms with E-state index >= 15 is 0 Å². The maximum absolute atomic E-state index is 10.8. The molecule has 3 heteroatoms. The Balaban J connectivity index is 2.33. The van der Waals surface area contributed by atoms with Crippen LogP contribution in [0.1, 0.15) is 12.5 Å². The molecule has 0 spiro atoms. The van der Waals surface area contributed by atoms with Crippen molar-refractivity contribution in [3.63, 3.8) is 0 Å². The number of carbonyl (C=O) groups is 1.